The van der Waals surface area contributed by atoms with Crippen LogP contribution in [0.2, 0.25) is 0 Å². The van der Waals surface area contributed by atoms with Crippen LogP contribution in [0.15, 0.2) is 78.5 Å². The number of carbonyl (C=O) groups is 2. The molecule has 34 heavy (non-hydrogen) atoms. The Hall–Kier alpha value is -4.04. The standard InChI is InChI=1S/C26H21N3O4S/c1-2-15-33-17-12-10-16(11-13-17)23(30)21-22(19-8-5-6-14-27-19)29(25(32)24(21)31)26-28-18-7-3-4-9-20(18)34-26/h3-14,22,30H,2,15H2,1H3/b23-21+. The van der Waals surface area contributed by atoms with Crippen LogP contribution in [0.3, 0.4) is 0 Å². The fourth-order valence-electron chi connectivity index (χ4n) is 3.89. The maximum atomic E-state index is 13.2. The fraction of sp³-hybridized carbons (Fsp3) is 0.154. The van der Waals surface area contributed by atoms with Gasteiger partial charge >= 0.3 is 5.91 Å². The van der Waals surface area contributed by atoms with E-state index in [0.29, 0.717) is 28.7 Å². The van der Waals surface area contributed by atoms with Crippen molar-refractivity contribution in [1.29, 1.82) is 0 Å². The first-order valence-electron chi connectivity index (χ1n) is 10.9. The zero-order valence-electron chi connectivity index (χ0n) is 18.3. The van der Waals surface area contributed by atoms with Gasteiger partial charge in [0, 0.05) is 11.8 Å². The van der Waals surface area contributed by atoms with Crippen LogP contribution in [0.4, 0.5) is 5.13 Å². The highest BCUT2D eigenvalue weighted by Crippen LogP contribution is 2.43. The van der Waals surface area contributed by atoms with Crippen molar-refractivity contribution in [2.75, 3.05) is 11.5 Å². The Labute approximate surface area is 200 Å². The van der Waals surface area contributed by atoms with Crippen LogP contribution in [0.1, 0.15) is 30.6 Å². The summed E-state index contributed by atoms with van der Waals surface area (Å²) in [7, 11) is 0. The summed E-state index contributed by atoms with van der Waals surface area (Å²) >= 11 is 1.31. The molecule has 1 fully saturated rings. The average molecular weight is 472 g/mol. The van der Waals surface area contributed by atoms with Crippen LogP contribution in [0.25, 0.3) is 16.0 Å². The van der Waals surface area contributed by atoms with E-state index in [2.05, 4.69) is 9.97 Å². The van der Waals surface area contributed by atoms with E-state index in [4.69, 9.17) is 4.74 Å². The van der Waals surface area contributed by atoms with Crippen molar-refractivity contribution in [3.8, 4) is 5.75 Å². The van der Waals surface area contributed by atoms with E-state index in [1.165, 1.54) is 16.2 Å². The van der Waals surface area contributed by atoms with Crippen molar-refractivity contribution >= 4 is 44.1 Å². The van der Waals surface area contributed by atoms with Crippen LogP contribution in [0, 0.1) is 0 Å². The Kier molecular flexibility index (Phi) is 5.81. The number of pyridine rings is 1. The lowest BCUT2D eigenvalue weighted by Crippen LogP contribution is -2.29. The second-order valence-electron chi connectivity index (χ2n) is 7.76. The largest absolute Gasteiger partial charge is 0.507 e. The molecule has 3 heterocycles. The Bertz CT molecular complexity index is 1360. The summed E-state index contributed by atoms with van der Waals surface area (Å²) in [5.74, 6) is -1.13. The van der Waals surface area contributed by atoms with Gasteiger partial charge in [-0.15, -0.1) is 0 Å². The predicted octanol–water partition coefficient (Wildman–Crippen LogP) is 5.11. The highest BCUT2D eigenvalue weighted by molar-refractivity contribution is 7.22. The highest BCUT2D eigenvalue weighted by atomic mass is 32.1. The average Bonchev–Trinajstić information content (AvgIpc) is 3.41. The summed E-state index contributed by atoms with van der Waals surface area (Å²) < 4.78 is 6.49. The van der Waals surface area contributed by atoms with Crippen molar-refractivity contribution in [2.45, 2.75) is 19.4 Å². The third-order valence-electron chi connectivity index (χ3n) is 5.50. The van der Waals surface area contributed by atoms with Crippen molar-refractivity contribution in [2.24, 2.45) is 0 Å². The minimum Gasteiger partial charge on any atom is -0.507 e. The summed E-state index contributed by atoms with van der Waals surface area (Å²) in [6, 6.07) is 18.7. The number of amides is 1. The van der Waals surface area contributed by atoms with Gasteiger partial charge in [-0.3, -0.25) is 19.5 Å². The number of hydrogen-bond acceptors (Lipinski definition) is 7. The Morgan fingerprint density at radius 2 is 1.82 bits per heavy atom. The topological polar surface area (TPSA) is 92.6 Å². The molecule has 1 saturated heterocycles. The van der Waals surface area contributed by atoms with E-state index in [9.17, 15) is 14.7 Å². The molecule has 0 bridgehead atoms. The van der Waals surface area contributed by atoms with Crippen molar-refractivity contribution in [3.63, 3.8) is 0 Å². The number of nitrogens with zero attached hydrogens (tertiary/aromatic N) is 3. The lowest BCUT2D eigenvalue weighted by atomic mass is 9.98. The molecule has 1 unspecified atom stereocenters. The maximum Gasteiger partial charge on any atom is 0.301 e. The number of aliphatic hydroxyl groups excluding tert-OH is 1. The Morgan fingerprint density at radius 1 is 1.06 bits per heavy atom. The molecular weight excluding hydrogens is 450 g/mol. The number of fused-ring (bicyclic) bond motifs is 1. The smallest absolute Gasteiger partial charge is 0.301 e. The van der Waals surface area contributed by atoms with Gasteiger partial charge in [-0.05, 0) is 55.0 Å². The normalized spacial score (nSPS) is 17.4. The van der Waals surface area contributed by atoms with Crippen molar-refractivity contribution < 1.29 is 19.4 Å². The Morgan fingerprint density at radius 3 is 2.53 bits per heavy atom. The molecule has 0 spiro atoms. The Balaban J connectivity index is 1.63. The quantitative estimate of drug-likeness (QED) is 0.239. The molecule has 8 heteroatoms. The molecular formula is C26H21N3O4S. The fourth-order valence-corrected chi connectivity index (χ4v) is 4.89. The molecule has 1 amide bonds. The van der Waals surface area contributed by atoms with E-state index >= 15 is 0 Å². The zero-order valence-corrected chi connectivity index (χ0v) is 19.2. The van der Waals surface area contributed by atoms with Crippen LogP contribution in [-0.4, -0.2) is 33.4 Å². The number of carbonyl (C=O) groups excluding carboxylic acids is 2. The van der Waals surface area contributed by atoms with Crippen LogP contribution in [-0.2, 0) is 9.59 Å². The maximum absolute atomic E-state index is 13.2. The molecule has 0 aliphatic carbocycles. The number of hydrogen-bond donors (Lipinski definition) is 1. The van der Waals surface area contributed by atoms with E-state index in [-0.39, 0.29) is 11.3 Å². The highest BCUT2D eigenvalue weighted by Gasteiger charge is 2.48. The van der Waals surface area contributed by atoms with Gasteiger partial charge in [-0.2, -0.15) is 0 Å². The summed E-state index contributed by atoms with van der Waals surface area (Å²) in [6.45, 7) is 2.60. The minimum atomic E-state index is -0.905. The van der Waals surface area contributed by atoms with Crippen molar-refractivity contribution in [1.82, 2.24) is 9.97 Å². The van der Waals surface area contributed by atoms with E-state index < -0.39 is 17.7 Å². The van der Waals surface area contributed by atoms with Crippen molar-refractivity contribution in [3.05, 3.63) is 89.8 Å². The second-order valence-corrected chi connectivity index (χ2v) is 8.77. The lowest BCUT2D eigenvalue weighted by Gasteiger charge is -2.21. The second kappa shape index (κ2) is 9.07. The summed E-state index contributed by atoms with van der Waals surface area (Å²) in [5.41, 5.74) is 1.58. The van der Waals surface area contributed by atoms with E-state index in [1.54, 1.807) is 48.7 Å². The third kappa shape index (κ3) is 3.82. The van der Waals surface area contributed by atoms with Gasteiger partial charge in [0.2, 0.25) is 0 Å². The number of ketones is 1. The molecule has 1 aliphatic heterocycles. The molecule has 0 saturated carbocycles. The van der Waals surface area contributed by atoms with Gasteiger partial charge in [0.05, 0.1) is 28.1 Å². The number of anilines is 1. The molecule has 1 aliphatic rings. The molecule has 7 nitrogen and oxygen atoms in total. The number of rotatable bonds is 6. The van der Waals surface area contributed by atoms with Crippen LogP contribution in [0.5, 0.6) is 5.75 Å². The summed E-state index contributed by atoms with van der Waals surface area (Å²) in [4.78, 5) is 36.8. The van der Waals surface area contributed by atoms with Crippen LogP contribution < -0.4 is 9.64 Å². The van der Waals surface area contributed by atoms with Gasteiger partial charge in [0.25, 0.3) is 5.78 Å². The van der Waals surface area contributed by atoms with Crippen LogP contribution >= 0.6 is 11.3 Å². The first-order valence-corrected chi connectivity index (χ1v) is 11.7. The lowest BCUT2D eigenvalue weighted by molar-refractivity contribution is -0.132. The molecule has 4 aromatic rings. The van der Waals surface area contributed by atoms with Gasteiger partial charge in [0.1, 0.15) is 17.6 Å². The van der Waals surface area contributed by atoms with Gasteiger partial charge < -0.3 is 9.84 Å². The number of aromatic nitrogens is 2. The van der Waals surface area contributed by atoms with Gasteiger partial charge in [0.15, 0.2) is 5.13 Å². The third-order valence-corrected chi connectivity index (χ3v) is 6.54. The SMILES string of the molecule is CCCOc1ccc(/C(O)=C2\C(=O)C(=O)N(c3nc4ccccc4s3)C2c2ccccn2)cc1. The molecule has 1 atom stereocenters. The summed E-state index contributed by atoms with van der Waals surface area (Å²) in [6.07, 6.45) is 2.47. The molecule has 0 radical (unpaired) electrons. The minimum absolute atomic E-state index is 0.0230. The molecule has 5 rings (SSSR count). The zero-order chi connectivity index (χ0) is 23.7. The number of thiazole rings is 1. The number of aliphatic hydroxyl groups is 1. The molecule has 170 valence electrons. The van der Waals surface area contributed by atoms with Gasteiger partial charge in [-0.1, -0.05) is 36.5 Å². The first kappa shape index (κ1) is 21.8. The number of para-hydroxylation sites is 1. The summed E-state index contributed by atoms with van der Waals surface area (Å²) in [5, 5.41) is 11.6. The number of benzene rings is 2. The predicted molar refractivity (Wildman–Crippen MR) is 131 cm³/mol. The van der Waals surface area contributed by atoms with E-state index in [0.717, 1.165) is 16.6 Å². The molecule has 1 N–H and O–H groups in total. The monoisotopic (exact) mass is 471 g/mol. The molecule has 2 aromatic carbocycles. The van der Waals surface area contributed by atoms with Gasteiger partial charge in [-0.25, -0.2) is 4.98 Å². The first-order chi connectivity index (χ1) is 16.6. The number of Topliss-reactive ketones (excluding diaryl/α,β-unsaturated/α-hetero) is 1. The van der Waals surface area contributed by atoms with E-state index in [1.807, 2.05) is 31.2 Å². The number of ether oxygens (including phenoxy) is 1. The molecule has 2 aromatic heterocycles.